The molecule has 0 bridgehead atoms. The average Bonchev–Trinajstić information content (AvgIpc) is 2.47. The van der Waals surface area contributed by atoms with Gasteiger partial charge in [-0.05, 0) is 43.7 Å². The summed E-state index contributed by atoms with van der Waals surface area (Å²) in [6.07, 6.45) is 3.63. The second-order valence-corrected chi connectivity index (χ2v) is 5.44. The molecule has 2 aromatic carbocycles. The molecule has 0 saturated carbocycles. The summed E-state index contributed by atoms with van der Waals surface area (Å²) in [4.78, 5) is 6.38. The zero-order valence-corrected chi connectivity index (χ0v) is 12.6. The molecular formula is C18H19N3. The Balaban J connectivity index is 2.18. The number of nitrogens with two attached hydrogens (primary N) is 1. The van der Waals surface area contributed by atoms with E-state index in [4.69, 9.17) is 5.73 Å². The fraction of sp³-hybridized carbons (Fsp3) is 0.167. The van der Waals surface area contributed by atoms with Crippen molar-refractivity contribution in [3.05, 3.63) is 59.9 Å². The number of aryl methyl sites for hydroxylation is 2. The van der Waals surface area contributed by atoms with E-state index in [0.717, 1.165) is 22.1 Å². The molecule has 3 heteroatoms. The number of hydrogen-bond donors (Lipinski definition) is 1. The van der Waals surface area contributed by atoms with Crippen LogP contribution in [0.4, 0.5) is 17.1 Å². The van der Waals surface area contributed by atoms with Crippen LogP contribution in [0, 0.1) is 13.8 Å². The Morgan fingerprint density at radius 3 is 2.48 bits per heavy atom. The highest BCUT2D eigenvalue weighted by Crippen LogP contribution is 2.34. The van der Waals surface area contributed by atoms with E-state index in [-0.39, 0.29) is 0 Å². The van der Waals surface area contributed by atoms with Crippen molar-refractivity contribution in [2.24, 2.45) is 0 Å². The molecule has 3 rings (SSSR count). The van der Waals surface area contributed by atoms with Crippen LogP contribution in [0.1, 0.15) is 11.1 Å². The van der Waals surface area contributed by atoms with Crippen molar-refractivity contribution < 1.29 is 0 Å². The molecule has 0 saturated heterocycles. The van der Waals surface area contributed by atoms with Gasteiger partial charge in [-0.15, -0.1) is 0 Å². The van der Waals surface area contributed by atoms with E-state index >= 15 is 0 Å². The maximum absolute atomic E-state index is 6.06. The molecule has 3 nitrogen and oxygen atoms in total. The molecule has 106 valence electrons. The number of nitrogens with zero attached hydrogens (tertiary/aromatic N) is 2. The van der Waals surface area contributed by atoms with Crippen molar-refractivity contribution in [2.45, 2.75) is 13.8 Å². The van der Waals surface area contributed by atoms with Gasteiger partial charge in [0, 0.05) is 47.3 Å². The SMILES string of the molecule is Cc1ccc(N(C)c2ccc(N)c3cnccc23)c(C)c1. The topological polar surface area (TPSA) is 42.1 Å². The van der Waals surface area contributed by atoms with E-state index in [0.29, 0.717) is 0 Å². The van der Waals surface area contributed by atoms with Gasteiger partial charge in [-0.1, -0.05) is 17.7 Å². The molecule has 0 atom stereocenters. The largest absolute Gasteiger partial charge is 0.398 e. The predicted octanol–water partition coefficient (Wildman–Crippen LogP) is 4.20. The van der Waals surface area contributed by atoms with Crippen molar-refractivity contribution in [3.8, 4) is 0 Å². The molecule has 0 aliphatic carbocycles. The summed E-state index contributed by atoms with van der Waals surface area (Å²) < 4.78 is 0. The molecule has 21 heavy (non-hydrogen) atoms. The Morgan fingerprint density at radius 2 is 1.71 bits per heavy atom. The summed E-state index contributed by atoms with van der Waals surface area (Å²) >= 11 is 0. The van der Waals surface area contributed by atoms with Crippen molar-refractivity contribution in [1.82, 2.24) is 4.98 Å². The lowest BCUT2D eigenvalue weighted by Crippen LogP contribution is -2.11. The van der Waals surface area contributed by atoms with Crippen LogP contribution in [0.25, 0.3) is 10.8 Å². The summed E-state index contributed by atoms with van der Waals surface area (Å²) in [6.45, 7) is 4.25. The molecule has 1 heterocycles. The number of aromatic nitrogens is 1. The van der Waals surface area contributed by atoms with Crippen molar-refractivity contribution >= 4 is 27.8 Å². The first-order valence-corrected chi connectivity index (χ1v) is 7.01. The number of anilines is 3. The van der Waals surface area contributed by atoms with E-state index in [2.05, 4.69) is 55.0 Å². The van der Waals surface area contributed by atoms with Crippen LogP contribution in [0.5, 0.6) is 0 Å². The normalized spacial score (nSPS) is 10.8. The van der Waals surface area contributed by atoms with Crippen LogP contribution >= 0.6 is 0 Å². The fourth-order valence-corrected chi connectivity index (χ4v) is 2.80. The Labute approximate surface area is 125 Å². The average molecular weight is 277 g/mol. The Kier molecular flexibility index (Phi) is 3.26. The summed E-state index contributed by atoms with van der Waals surface area (Å²) in [5, 5.41) is 2.11. The maximum Gasteiger partial charge on any atom is 0.0490 e. The third-order valence-electron chi connectivity index (χ3n) is 3.90. The molecule has 0 fully saturated rings. The van der Waals surface area contributed by atoms with E-state index in [1.165, 1.54) is 16.8 Å². The quantitative estimate of drug-likeness (QED) is 0.714. The molecule has 0 radical (unpaired) electrons. The third kappa shape index (κ3) is 2.31. The monoisotopic (exact) mass is 277 g/mol. The first-order valence-electron chi connectivity index (χ1n) is 7.01. The van der Waals surface area contributed by atoms with Crippen molar-refractivity contribution in [1.29, 1.82) is 0 Å². The highest BCUT2D eigenvalue weighted by molar-refractivity contribution is 6.02. The zero-order valence-electron chi connectivity index (χ0n) is 12.6. The van der Waals surface area contributed by atoms with Gasteiger partial charge >= 0.3 is 0 Å². The van der Waals surface area contributed by atoms with Gasteiger partial charge in [-0.25, -0.2) is 0 Å². The number of pyridine rings is 1. The first kappa shape index (κ1) is 13.4. The minimum atomic E-state index is 0.760. The number of hydrogen-bond acceptors (Lipinski definition) is 3. The Morgan fingerprint density at radius 1 is 0.952 bits per heavy atom. The van der Waals surface area contributed by atoms with Gasteiger partial charge in [0.2, 0.25) is 0 Å². The van der Waals surface area contributed by atoms with E-state index in [1.54, 1.807) is 6.20 Å². The lowest BCUT2D eigenvalue weighted by atomic mass is 10.1. The lowest BCUT2D eigenvalue weighted by molar-refractivity contribution is 1.19. The summed E-state index contributed by atoms with van der Waals surface area (Å²) in [5.41, 5.74) is 11.7. The fourth-order valence-electron chi connectivity index (χ4n) is 2.80. The van der Waals surface area contributed by atoms with E-state index in [9.17, 15) is 0 Å². The highest BCUT2D eigenvalue weighted by Gasteiger charge is 2.11. The van der Waals surface area contributed by atoms with Gasteiger partial charge in [-0.3, -0.25) is 4.98 Å². The van der Waals surface area contributed by atoms with Gasteiger partial charge < -0.3 is 10.6 Å². The molecule has 3 aromatic rings. The smallest absolute Gasteiger partial charge is 0.0490 e. The summed E-state index contributed by atoms with van der Waals surface area (Å²) in [7, 11) is 2.09. The van der Waals surface area contributed by atoms with Crippen LogP contribution < -0.4 is 10.6 Å². The van der Waals surface area contributed by atoms with Crippen LogP contribution in [0.3, 0.4) is 0 Å². The van der Waals surface area contributed by atoms with Crippen molar-refractivity contribution in [2.75, 3.05) is 17.7 Å². The molecule has 2 N–H and O–H groups in total. The summed E-state index contributed by atoms with van der Waals surface area (Å²) in [6, 6.07) is 12.5. The predicted molar refractivity (Wildman–Crippen MR) is 90.1 cm³/mol. The third-order valence-corrected chi connectivity index (χ3v) is 3.90. The number of nitrogen functional groups attached to an aromatic ring is 1. The number of benzene rings is 2. The standard InChI is InChI=1S/C18H19N3/c1-12-4-6-17(13(2)10-12)21(3)18-7-5-16(19)15-11-20-9-8-14(15)18/h4-11H,19H2,1-3H3. The summed E-state index contributed by atoms with van der Waals surface area (Å²) in [5.74, 6) is 0. The van der Waals surface area contributed by atoms with Gasteiger partial charge in [0.1, 0.15) is 0 Å². The minimum absolute atomic E-state index is 0.760. The van der Waals surface area contributed by atoms with Gasteiger partial charge in [0.05, 0.1) is 0 Å². The maximum atomic E-state index is 6.06. The molecular weight excluding hydrogens is 258 g/mol. The molecule has 0 unspecified atom stereocenters. The van der Waals surface area contributed by atoms with Gasteiger partial charge in [0.25, 0.3) is 0 Å². The number of rotatable bonds is 2. The van der Waals surface area contributed by atoms with E-state index < -0.39 is 0 Å². The van der Waals surface area contributed by atoms with Crippen LogP contribution in [0.2, 0.25) is 0 Å². The Bertz CT molecular complexity index is 809. The van der Waals surface area contributed by atoms with Crippen LogP contribution in [-0.2, 0) is 0 Å². The zero-order chi connectivity index (χ0) is 15.0. The first-order chi connectivity index (χ1) is 10.1. The van der Waals surface area contributed by atoms with Crippen LogP contribution in [-0.4, -0.2) is 12.0 Å². The van der Waals surface area contributed by atoms with Gasteiger partial charge in [0.15, 0.2) is 0 Å². The Hall–Kier alpha value is -2.55. The molecule has 1 aromatic heterocycles. The molecule has 0 aliphatic rings. The van der Waals surface area contributed by atoms with Crippen molar-refractivity contribution in [3.63, 3.8) is 0 Å². The molecule has 0 aliphatic heterocycles. The van der Waals surface area contributed by atoms with E-state index in [1.807, 2.05) is 18.3 Å². The van der Waals surface area contributed by atoms with Gasteiger partial charge in [-0.2, -0.15) is 0 Å². The minimum Gasteiger partial charge on any atom is -0.398 e. The number of fused-ring (bicyclic) bond motifs is 1. The van der Waals surface area contributed by atoms with Crippen LogP contribution in [0.15, 0.2) is 48.8 Å². The molecule has 0 amide bonds. The second-order valence-electron chi connectivity index (χ2n) is 5.44. The molecule has 0 spiro atoms. The highest BCUT2D eigenvalue weighted by atomic mass is 15.1. The lowest BCUT2D eigenvalue weighted by Gasteiger charge is -2.24. The second kappa shape index (κ2) is 5.09.